The Hall–Kier alpha value is -3.16. The fourth-order valence-electron chi connectivity index (χ4n) is 2.09. The molecular weight excluding hydrogens is 346 g/mol. The molecule has 0 aromatic heterocycles. The molecule has 0 bridgehead atoms. The molecule has 2 aromatic carbocycles. The molecule has 0 aliphatic heterocycles. The summed E-state index contributed by atoms with van der Waals surface area (Å²) < 4.78 is 37.2. The first-order valence-corrected chi connectivity index (χ1v) is 7.91. The lowest BCUT2D eigenvalue weighted by atomic mass is 10.2. The van der Waals surface area contributed by atoms with E-state index in [1.54, 1.807) is 13.0 Å². The van der Waals surface area contributed by atoms with E-state index in [1.165, 1.54) is 12.1 Å². The maximum Gasteiger partial charge on any atom is 0.314 e. The van der Waals surface area contributed by atoms with Gasteiger partial charge in [-0.05, 0) is 38.1 Å². The molecule has 0 spiro atoms. The number of hydrogen-bond donors (Lipinski definition) is 2. The fraction of sp³-hybridized carbons (Fsp3) is 0.222. The monoisotopic (exact) mass is 364 g/mol. The van der Waals surface area contributed by atoms with Crippen molar-refractivity contribution in [3.05, 3.63) is 48.0 Å². The van der Waals surface area contributed by atoms with Gasteiger partial charge in [0, 0.05) is 17.8 Å². The zero-order chi connectivity index (χ0) is 19.1. The normalized spacial score (nSPS) is 10.2. The summed E-state index contributed by atoms with van der Waals surface area (Å²) in [4.78, 5) is 23.9. The van der Waals surface area contributed by atoms with Crippen LogP contribution in [0.1, 0.15) is 13.8 Å². The van der Waals surface area contributed by atoms with Crippen LogP contribution in [0.4, 0.5) is 20.2 Å². The van der Waals surface area contributed by atoms with E-state index in [4.69, 9.17) is 9.47 Å². The van der Waals surface area contributed by atoms with Gasteiger partial charge >= 0.3 is 11.8 Å². The number of amides is 2. The molecule has 2 rings (SSSR count). The second kappa shape index (κ2) is 8.80. The van der Waals surface area contributed by atoms with Crippen molar-refractivity contribution in [2.24, 2.45) is 0 Å². The Morgan fingerprint density at radius 2 is 1.54 bits per heavy atom. The lowest BCUT2D eigenvalue weighted by Gasteiger charge is -2.13. The smallest absolute Gasteiger partial charge is 0.314 e. The van der Waals surface area contributed by atoms with Gasteiger partial charge in [-0.25, -0.2) is 8.78 Å². The first kappa shape index (κ1) is 19.2. The second-order valence-corrected chi connectivity index (χ2v) is 5.06. The van der Waals surface area contributed by atoms with Crippen molar-refractivity contribution in [1.29, 1.82) is 0 Å². The number of nitrogens with one attached hydrogen (secondary N) is 2. The number of anilines is 2. The zero-order valence-electron chi connectivity index (χ0n) is 14.3. The van der Waals surface area contributed by atoms with Crippen LogP contribution in [-0.4, -0.2) is 25.0 Å². The van der Waals surface area contributed by atoms with Crippen LogP contribution in [-0.2, 0) is 9.59 Å². The van der Waals surface area contributed by atoms with E-state index in [1.807, 2.05) is 6.92 Å². The zero-order valence-corrected chi connectivity index (χ0v) is 14.3. The van der Waals surface area contributed by atoms with Crippen molar-refractivity contribution >= 4 is 23.2 Å². The number of benzene rings is 2. The van der Waals surface area contributed by atoms with Gasteiger partial charge in [-0.2, -0.15) is 0 Å². The van der Waals surface area contributed by atoms with Gasteiger partial charge in [0.2, 0.25) is 0 Å². The Bertz CT molecular complexity index is 812. The van der Waals surface area contributed by atoms with Crippen molar-refractivity contribution < 1.29 is 27.8 Å². The van der Waals surface area contributed by atoms with E-state index in [2.05, 4.69) is 10.6 Å². The van der Waals surface area contributed by atoms with Crippen LogP contribution in [0.3, 0.4) is 0 Å². The average Bonchev–Trinajstić information content (AvgIpc) is 2.60. The molecule has 0 saturated carbocycles. The van der Waals surface area contributed by atoms with Crippen LogP contribution in [0, 0.1) is 11.6 Å². The van der Waals surface area contributed by atoms with Crippen molar-refractivity contribution in [3.63, 3.8) is 0 Å². The molecule has 8 heteroatoms. The molecule has 0 unspecified atom stereocenters. The Morgan fingerprint density at radius 1 is 0.885 bits per heavy atom. The lowest BCUT2D eigenvalue weighted by Crippen LogP contribution is -2.29. The molecule has 0 radical (unpaired) electrons. The molecule has 0 fully saturated rings. The highest BCUT2D eigenvalue weighted by molar-refractivity contribution is 6.43. The molecule has 0 aliphatic rings. The summed E-state index contributed by atoms with van der Waals surface area (Å²) in [6.45, 7) is 4.45. The number of ether oxygens (including phenoxy) is 2. The Morgan fingerprint density at radius 3 is 2.19 bits per heavy atom. The van der Waals surface area contributed by atoms with E-state index in [0.717, 1.165) is 12.1 Å². The third-order valence-electron chi connectivity index (χ3n) is 3.19. The van der Waals surface area contributed by atoms with Gasteiger partial charge in [-0.1, -0.05) is 0 Å². The maximum absolute atomic E-state index is 13.5. The molecule has 26 heavy (non-hydrogen) atoms. The van der Waals surface area contributed by atoms with Gasteiger partial charge in [-0.3, -0.25) is 9.59 Å². The predicted molar refractivity (Wildman–Crippen MR) is 92.4 cm³/mol. The van der Waals surface area contributed by atoms with Gasteiger partial charge in [0.05, 0.1) is 18.9 Å². The SMILES string of the molecule is CCOc1ccc(NC(=O)C(=O)Nc2ccc(F)cc2F)cc1OCC. The predicted octanol–water partition coefficient (Wildman–Crippen LogP) is 3.34. The molecule has 2 N–H and O–H groups in total. The van der Waals surface area contributed by atoms with E-state index >= 15 is 0 Å². The van der Waals surface area contributed by atoms with Crippen molar-refractivity contribution in [2.45, 2.75) is 13.8 Å². The molecule has 0 aliphatic carbocycles. The van der Waals surface area contributed by atoms with Gasteiger partial charge in [0.25, 0.3) is 0 Å². The second-order valence-electron chi connectivity index (χ2n) is 5.06. The number of carbonyl (C=O) groups is 2. The molecule has 0 heterocycles. The van der Waals surface area contributed by atoms with Crippen LogP contribution in [0.15, 0.2) is 36.4 Å². The summed E-state index contributed by atoms with van der Waals surface area (Å²) in [5.74, 6) is -2.96. The standard InChI is InChI=1S/C18H18F2N2O4/c1-3-25-15-8-6-12(10-16(15)26-4-2)21-17(23)18(24)22-14-7-5-11(19)9-13(14)20/h5-10H,3-4H2,1-2H3,(H,21,23)(H,22,24). The quantitative estimate of drug-likeness (QED) is 0.771. The number of rotatable bonds is 6. The summed E-state index contributed by atoms with van der Waals surface area (Å²) in [6.07, 6.45) is 0. The topological polar surface area (TPSA) is 76.7 Å². The fourth-order valence-corrected chi connectivity index (χ4v) is 2.09. The highest BCUT2D eigenvalue weighted by atomic mass is 19.1. The molecule has 138 valence electrons. The van der Waals surface area contributed by atoms with Gasteiger partial charge in [0.1, 0.15) is 11.6 Å². The lowest BCUT2D eigenvalue weighted by molar-refractivity contribution is -0.133. The van der Waals surface area contributed by atoms with E-state index in [0.29, 0.717) is 36.5 Å². The Kier molecular flexibility index (Phi) is 6.48. The highest BCUT2D eigenvalue weighted by Crippen LogP contribution is 2.30. The molecule has 2 aromatic rings. The summed E-state index contributed by atoms with van der Waals surface area (Å²) in [7, 11) is 0. The van der Waals surface area contributed by atoms with Crippen LogP contribution < -0.4 is 20.1 Å². The molecule has 0 atom stereocenters. The minimum atomic E-state index is -1.10. The number of carbonyl (C=O) groups excluding carboxylic acids is 2. The Balaban J connectivity index is 2.08. The summed E-state index contributed by atoms with van der Waals surface area (Å²) in [6, 6.07) is 7.25. The molecule has 2 amide bonds. The minimum absolute atomic E-state index is 0.298. The largest absolute Gasteiger partial charge is 0.490 e. The third kappa shape index (κ3) is 4.92. The van der Waals surface area contributed by atoms with Crippen LogP contribution in [0.2, 0.25) is 0 Å². The van der Waals surface area contributed by atoms with Gasteiger partial charge in [-0.15, -0.1) is 0 Å². The third-order valence-corrected chi connectivity index (χ3v) is 3.19. The molecule has 0 saturated heterocycles. The van der Waals surface area contributed by atoms with Crippen LogP contribution in [0.5, 0.6) is 11.5 Å². The van der Waals surface area contributed by atoms with Gasteiger partial charge in [0.15, 0.2) is 11.5 Å². The van der Waals surface area contributed by atoms with E-state index in [9.17, 15) is 18.4 Å². The molecule has 6 nitrogen and oxygen atoms in total. The first-order chi connectivity index (χ1) is 12.4. The molecular formula is C18H18F2N2O4. The van der Waals surface area contributed by atoms with Gasteiger partial charge < -0.3 is 20.1 Å². The minimum Gasteiger partial charge on any atom is -0.490 e. The summed E-state index contributed by atoms with van der Waals surface area (Å²) in [5.41, 5.74) is 0.00452. The maximum atomic E-state index is 13.5. The van der Waals surface area contributed by atoms with Crippen molar-refractivity contribution in [1.82, 2.24) is 0 Å². The van der Waals surface area contributed by atoms with E-state index in [-0.39, 0.29) is 5.69 Å². The average molecular weight is 364 g/mol. The number of halogens is 2. The van der Waals surface area contributed by atoms with Crippen LogP contribution >= 0.6 is 0 Å². The number of hydrogen-bond acceptors (Lipinski definition) is 4. The van der Waals surface area contributed by atoms with E-state index < -0.39 is 23.4 Å². The summed E-state index contributed by atoms with van der Waals surface area (Å²) >= 11 is 0. The first-order valence-electron chi connectivity index (χ1n) is 7.91. The van der Waals surface area contributed by atoms with Crippen molar-refractivity contribution in [2.75, 3.05) is 23.8 Å². The highest BCUT2D eigenvalue weighted by Gasteiger charge is 2.17. The summed E-state index contributed by atoms with van der Waals surface area (Å²) in [5, 5.41) is 4.46. The van der Waals surface area contributed by atoms with Crippen molar-refractivity contribution in [3.8, 4) is 11.5 Å². The Labute approximate surface area is 149 Å². The van der Waals surface area contributed by atoms with Crippen LogP contribution in [0.25, 0.3) is 0 Å².